The van der Waals surface area contributed by atoms with Gasteiger partial charge in [0.2, 0.25) is 10.0 Å². The zero-order valence-electron chi connectivity index (χ0n) is 6.14. The lowest BCUT2D eigenvalue weighted by molar-refractivity contribution is 0.427. The number of rotatable bonds is 3. The number of nitrogens with zero attached hydrogens (tertiary/aromatic N) is 2. The molecule has 0 amide bonds. The van der Waals surface area contributed by atoms with E-state index in [1.165, 1.54) is 10.9 Å². The predicted octanol–water partition coefficient (Wildman–Crippen LogP) is -0.500. The quantitative estimate of drug-likeness (QED) is 0.702. The van der Waals surface area contributed by atoms with Crippen LogP contribution in [0.15, 0.2) is 17.3 Å². The van der Waals surface area contributed by atoms with Gasteiger partial charge in [0.1, 0.15) is 11.6 Å². The SMILES string of the molecule is NS(=O)(=O)c1cnn(CCF)c1. The summed E-state index contributed by atoms with van der Waals surface area (Å²) in [6.45, 7) is -0.554. The van der Waals surface area contributed by atoms with E-state index in [0.29, 0.717) is 0 Å². The summed E-state index contributed by atoms with van der Waals surface area (Å²) in [7, 11) is -3.71. The Kier molecular flexibility index (Phi) is 2.43. The molecule has 0 bridgehead atoms. The summed E-state index contributed by atoms with van der Waals surface area (Å²) in [5, 5.41) is 8.38. The van der Waals surface area contributed by atoms with Crippen molar-refractivity contribution in [3.63, 3.8) is 0 Å². The van der Waals surface area contributed by atoms with Crippen LogP contribution in [0.5, 0.6) is 0 Å². The van der Waals surface area contributed by atoms with Crippen molar-refractivity contribution in [3.05, 3.63) is 12.4 Å². The Morgan fingerprint density at radius 3 is 2.75 bits per heavy atom. The van der Waals surface area contributed by atoms with Crippen LogP contribution in [-0.4, -0.2) is 24.9 Å². The fraction of sp³-hybridized carbons (Fsp3) is 0.400. The summed E-state index contributed by atoms with van der Waals surface area (Å²) in [5.41, 5.74) is 0. The van der Waals surface area contributed by atoms with Crippen LogP contribution in [0.1, 0.15) is 0 Å². The number of sulfonamides is 1. The number of primary sulfonamides is 1. The summed E-state index contributed by atoms with van der Waals surface area (Å²) in [6, 6.07) is 0. The van der Waals surface area contributed by atoms with E-state index in [9.17, 15) is 12.8 Å². The average Bonchev–Trinajstić information content (AvgIpc) is 2.35. The average molecular weight is 193 g/mol. The first-order chi connectivity index (χ1) is 5.54. The van der Waals surface area contributed by atoms with Gasteiger partial charge < -0.3 is 0 Å². The molecule has 0 fully saturated rings. The van der Waals surface area contributed by atoms with Crippen LogP contribution in [0.2, 0.25) is 0 Å². The molecule has 0 aliphatic rings. The van der Waals surface area contributed by atoms with Crippen LogP contribution < -0.4 is 5.14 Å². The second kappa shape index (κ2) is 3.20. The lowest BCUT2D eigenvalue weighted by Crippen LogP contribution is -2.11. The van der Waals surface area contributed by atoms with Gasteiger partial charge in [-0.3, -0.25) is 4.68 Å². The maximum Gasteiger partial charge on any atom is 0.241 e. The van der Waals surface area contributed by atoms with Gasteiger partial charge in [-0.05, 0) is 0 Å². The fourth-order valence-electron chi connectivity index (χ4n) is 0.700. The summed E-state index contributed by atoms with van der Waals surface area (Å²) in [4.78, 5) is -0.101. The van der Waals surface area contributed by atoms with Gasteiger partial charge in [-0.15, -0.1) is 0 Å². The molecule has 1 heterocycles. The van der Waals surface area contributed by atoms with Gasteiger partial charge in [0.25, 0.3) is 0 Å². The lowest BCUT2D eigenvalue weighted by atomic mass is 10.7. The molecule has 7 heteroatoms. The second-order valence-electron chi connectivity index (χ2n) is 2.17. The molecular formula is C5H8FN3O2S. The minimum atomic E-state index is -3.71. The van der Waals surface area contributed by atoms with Crippen molar-refractivity contribution < 1.29 is 12.8 Å². The number of aromatic nitrogens is 2. The summed E-state index contributed by atoms with van der Waals surface area (Å²) < 4.78 is 34.3. The number of hydrogen-bond acceptors (Lipinski definition) is 3. The molecule has 0 spiro atoms. The molecule has 1 aromatic rings. The Morgan fingerprint density at radius 2 is 2.33 bits per heavy atom. The van der Waals surface area contributed by atoms with Crippen LogP contribution in [0.25, 0.3) is 0 Å². The second-order valence-corrected chi connectivity index (χ2v) is 3.73. The van der Waals surface area contributed by atoms with E-state index in [-0.39, 0.29) is 11.4 Å². The van der Waals surface area contributed by atoms with Gasteiger partial charge in [-0.2, -0.15) is 5.10 Å². The van der Waals surface area contributed by atoms with E-state index in [0.717, 1.165) is 6.20 Å². The van der Waals surface area contributed by atoms with Crippen molar-refractivity contribution >= 4 is 10.0 Å². The van der Waals surface area contributed by atoms with Crippen molar-refractivity contribution in [1.82, 2.24) is 9.78 Å². The van der Waals surface area contributed by atoms with Gasteiger partial charge in [0.05, 0.1) is 12.7 Å². The largest absolute Gasteiger partial charge is 0.269 e. The normalized spacial score (nSPS) is 11.8. The highest BCUT2D eigenvalue weighted by Gasteiger charge is 2.09. The lowest BCUT2D eigenvalue weighted by Gasteiger charge is -1.92. The molecule has 1 aromatic heterocycles. The predicted molar refractivity (Wildman–Crippen MR) is 39.6 cm³/mol. The molecule has 12 heavy (non-hydrogen) atoms. The summed E-state index contributed by atoms with van der Waals surface area (Å²) >= 11 is 0. The Balaban J connectivity index is 2.92. The van der Waals surface area contributed by atoms with Crippen LogP contribution in [-0.2, 0) is 16.6 Å². The Morgan fingerprint density at radius 1 is 1.67 bits per heavy atom. The topological polar surface area (TPSA) is 78.0 Å². The monoisotopic (exact) mass is 193 g/mol. The van der Waals surface area contributed by atoms with Crippen LogP contribution in [0.4, 0.5) is 4.39 Å². The third-order valence-electron chi connectivity index (χ3n) is 1.25. The van der Waals surface area contributed by atoms with E-state index >= 15 is 0 Å². The molecule has 0 aliphatic heterocycles. The number of nitrogens with two attached hydrogens (primary N) is 1. The molecule has 0 saturated heterocycles. The van der Waals surface area contributed by atoms with E-state index in [4.69, 9.17) is 5.14 Å². The summed E-state index contributed by atoms with van der Waals surface area (Å²) in [5.74, 6) is 0. The van der Waals surface area contributed by atoms with Crippen molar-refractivity contribution in [2.75, 3.05) is 6.67 Å². The molecule has 0 aliphatic carbocycles. The molecule has 68 valence electrons. The van der Waals surface area contributed by atoms with Crippen molar-refractivity contribution in [2.45, 2.75) is 11.4 Å². The molecule has 0 aromatic carbocycles. The third kappa shape index (κ3) is 2.02. The molecule has 0 radical (unpaired) electrons. The third-order valence-corrected chi connectivity index (χ3v) is 2.12. The van der Waals surface area contributed by atoms with E-state index in [1.807, 2.05) is 0 Å². The maximum atomic E-state index is 11.7. The zero-order chi connectivity index (χ0) is 9.19. The molecule has 0 unspecified atom stereocenters. The highest BCUT2D eigenvalue weighted by Crippen LogP contribution is 2.03. The first kappa shape index (κ1) is 9.14. The fourth-order valence-corrected chi connectivity index (χ4v) is 1.16. The number of hydrogen-bond donors (Lipinski definition) is 1. The Hall–Kier alpha value is -0.950. The Bertz CT molecular complexity index is 359. The minimum Gasteiger partial charge on any atom is -0.269 e. The molecule has 2 N–H and O–H groups in total. The highest BCUT2D eigenvalue weighted by molar-refractivity contribution is 7.89. The first-order valence-electron chi connectivity index (χ1n) is 3.15. The highest BCUT2D eigenvalue weighted by atomic mass is 32.2. The van der Waals surface area contributed by atoms with Crippen LogP contribution in [0, 0.1) is 0 Å². The Labute approximate surface area is 69.0 Å². The van der Waals surface area contributed by atoms with Crippen molar-refractivity contribution in [3.8, 4) is 0 Å². The maximum absolute atomic E-state index is 11.7. The molecule has 0 atom stereocenters. The standard InChI is InChI=1S/C5H8FN3O2S/c6-1-2-9-4-5(3-8-9)12(7,10)11/h3-4H,1-2H2,(H2,7,10,11). The summed E-state index contributed by atoms with van der Waals surface area (Å²) in [6.07, 6.45) is 2.28. The van der Waals surface area contributed by atoms with Gasteiger partial charge in [0.15, 0.2) is 0 Å². The molecule has 5 nitrogen and oxygen atoms in total. The van der Waals surface area contributed by atoms with Gasteiger partial charge in [0, 0.05) is 6.20 Å². The van der Waals surface area contributed by atoms with E-state index in [2.05, 4.69) is 5.10 Å². The number of alkyl halides is 1. The van der Waals surface area contributed by atoms with Crippen LogP contribution in [0.3, 0.4) is 0 Å². The van der Waals surface area contributed by atoms with Crippen molar-refractivity contribution in [2.24, 2.45) is 5.14 Å². The molecule has 0 saturated carbocycles. The smallest absolute Gasteiger partial charge is 0.241 e. The van der Waals surface area contributed by atoms with Crippen LogP contribution >= 0.6 is 0 Å². The number of aryl methyl sites for hydroxylation is 1. The van der Waals surface area contributed by atoms with E-state index < -0.39 is 16.7 Å². The van der Waals surface area contributed by atoms with Crippen molar-refractivity contribution in [1.29, 1.82) is 0 Å². The van der Waals surface area contributed by atoms with Gasteiger partial charge in [-0.25, -0.2) is 17.9 Å². The molecular weight excluding hydrogens is 185 g/mol. The molecule has 1 rings (SSSR count). The van der Waals surface area contributed by atoms with E-state index in [1.54, 1.807) is 0 Å². The number of halogens is 1. The first-order valence-corrected chi connectivity index (χ1v) is 4.70. The zero-order valence-corrected chi connectivity index (χ0v) is 6.96. The van der Waals surface area contributed by atoms with Gasteiger partial charge in [-0.1, -0.05) is 0 Å². The van der Waals surface area contributed by atoms with Gasteiger partial charge >= 0.3 is 0 Å². The minimum absolute atomic E-state index is 0.0372.